The van der Waals surface area contributed by atoms with Gasteiger partial charge in [0, 0.05) is 44.8 Å². The molecule has 23 heavy (non-hydrogen) atoms. The summed E-state index contributed by atoms with van der Waals surface area (Å²) in [6, 6.07) is 7.74. The summed E-state index contributed by atoms with van der Waals surface area (Å²) < 4.78 is 0. The molecule has 3 amide bonds. The first-order chi connectivity index (χ1) is 11.0. The molecular weight excluding hydrogens is 292 g/mol. The fourth-order valence-electron chi connectivity index (χ4n) is 3.05. The number of carbonyl (C=O) groups is 2. The Morgan fingerprint density at radius 2 is 1.78 bits per heavy atom. The lowest BCUT2D eigenvalue weighted by Crippen LogP contribution is -2.52. The number of hydrogen-bond acceptors (Lipinski definition) is 3. The quantitative estimate of drug-likeness (QED) is 0.887. The van der Waals surface area contributed by atoms with Crippen LogP contribution in [0.25, 0.3) is 0 Å². The van der Waals surface area contributed by atoms with Gasteiger partial charge in [-0.1, -0.05) is 17.7 Å². The summed E-state index contributed by atoms with van der Waals surface area (Å²) in [4.78, 5) is 30.3. The first-order valence-electron chi connectivity index (χ1n) is 8.14. The molecule has 124 valence electrons. The highest BCUT2D eigenvalue weighted by Gasteiger charge is 2.32. The Morgan fingerprint density at radius 1 is 1.13 bits per heavy atom. The van der Waals surface area contributed by atoms with Crippen LogP contribution >= 0.6 is 0 Å². The van der Waals surface area contributed by atoms with Gasteiger partial charge in [-0.25, -0.2) is 4.79 Å². The summed E-state index contributed by atoms with van der Waals surface area (Å²) >= 11 is 0. The molecular formula is C17H24N4O2. The minimum absolute atomic E-state index is 0.0540. The maximum Gasteiger partial charge on any atom is 0.317 e. The number of hydrogen-bond donors (Lipinski definition) is 1. The van der Waals surface area contributed by atoms with Crippen molar-refractivity contribution in [1.82, 2.24) is 15.1 Å². The molecule has 6 heteroatoms. The summed E-state index contributed by atoms with van der Waals surface area (Å²) in [5.74, 6) is 0.0672. The van der Waals surface area contributed by atoms with Gasteiger partial charge in [-0.05, 0) is 26.1 Å². The Balaban J connectivity index is 1.57. The van der Waals surface area contributed by atoms with Crippen molar-refractivity contribution in [3.05, 3.63) is 29.8 Å². The molecule has 6 nitrogen and oxygen atoms in total. The van der Waals surface area contributed by atoms with E-state index < -0.39 is 0 Å². The van der Waals surface area contributed by atoms with Gasteiger partial charge < -0.3 is 20.0 Å². The lowest BCUT2D eigenvalue weighted by Gasteiger charge is -2.33. The lowest BCUT2D eigenvalue weighted by atomic mass is 10.2. The van der Waals surface area contributed by atoms with Crippen LogP contribution in [0.5, 0.6) is 0 Å². The Bertz CT molecular complexity index is 579. The molecule has 2 saturated heterocycles. The number of nitrogens with one attached hydrogen (secondary N) is 1. The van der Waals surface area contributed by atoms with E-state index in [9.17, 15) is 9.59 Å². The molecule has 1 N–H and O–H groups in total. The monoisotopic (exact) mass is 316 g/mol. The molecule has 3 rings (SSSR count). The summed E-state index contributed by atoms with van der Waals surface area (Å²) in [5.41, 5.74) is 2.07. The average Bonchev–Trinajstić information content (AvgIpc) is 2.89. The zero-order chi connectivity index (χ0) is 16.4. The fraction of sp³-hybridized carbons (Fsp3) is 0.529. The highest BCUT2D eigenvalue weighted by molar-refractivity contribution is 5.96. The topological polar surface area (TPSA) is 55.9 Å². The number of urea groups is 1. The van der Waals surface area contributed by atoms with Crippen LogP contribution in [0.4, 0.5) is 10.5 Å². The van der Waals surface area contributed by atoms with Crippen LogP contribution in [0.1, 0.15) is 12.0 Å². The van der Waals surface area contributed by atoms with Crippen molar-refractivity contribution in [2.45, 2.75) is 19.4 Å². The minimum Gasteiger partial charge on any atom is -0.333 e. The maximum absolute atomic E-state index is 12.3. The van der Waals surface area contributed by atoms with Crippen molar-refractivity contribution >= 4 is 17.6 Å². The van der Waals surface area contributed by atoms with Crippen molar-refractivity contribution in [2.24, 2.45) is 0 Å². The molecule has 0 unspecified atom stereocenters. The van der Waals surface area contributed by atoms with Crippen molar-refractivity contribution in [3.8, 4) is 0 Å². The van der Waals surface area contributed by atoms with Crippen molar-refractivity contribution in [3.63, 3.8) is 0 Å². The molecule has 1 aromatic rings. The van der Waals surface area contributed by atoms with Crippen LogP contribution in [-0.4, -0.2) is 67.6 Å². The third-order valence-corrected chi connectivity index (χ3v) is 4.59. The van der Waals surface area contributed by atoms with E-state index in [2.05, 4.69) is 17.3 Å². The van der Waals surface area contributed by atoms with E-state index >= 15 is 0 Å². The molecule has 1 aromatic carbocycles. The summed E-state index contributed by atoms with van der Waals surface area (Å²) in [6.45, 7) is 5.84. The van der Waals surface area contributed by atoms with Crippen LogP contribution in [0.15, 0.2) is 24.3 Å². The highest BCUT2D eigenvalue weighted by atomic mass is 16.2. The van der Waals surface area contributed by atoms with Crippen molar-refractivity contribution in [1.29, 1.82) is 0 Å². The van der Waals surface area contributed by atoms with Crippen LogP contribution in [0.2, 0.25) is 0 Å². The number of piperazine rings is 1. The predicted octanol–water partition coefficient (Wildman–Crippen LogP) is 1.06. The average molecular weight is 316 g/mol. The smallest absolute Gasteiger partial charge is 0.317 e. The fourth-order valence-corrected chi connectivity index (χ4v) is 3.05. The molecule has 2 aliphatic rings. The molecule has 2 heterocycles. The van der Waals surface area contributed by atoms with E-state index in [-0.39, 0.29) is 18.0 Å². The number of aryl methyl sites for hydroxylation is 1. The third-order valence-electron chi connectivity index (χ3n) is 4.59. The maximum atomic E-state index is 12.3. The normalized spacial score (nSPS) is 22.5. The molecule has 1 atom stereocenters. The molecule has 0 spiro atoms. The van der Waals surface area contributed by atoms with Gasteiger partial charge in [0.15, 0.2) is 0 Å². The van der Waals surface area contributed by atoms with Gasteiger partial charge in [0.25, 0.3) is 0 Å². The van der Waals surface area contributed by atoms with Gasteiger partial charge in [0.2, 0.25) is 5.91 Å². The molecule has 0 aliphatic carbocycles. The molecule has 2 aliphatic heterocycles. The Morgan fingerprint density at radius 3 is 2.43 bits per heavy atom. The summed E-state index contributed by atoms with van der Waals surface area (Å²) in [5, 5.41) is 3.01. The molecule has 0 saturated carbocycles. The molecule has 0 bridgehead atoms. The number of anilines is 1. The minimum atomic E-state index is -0.115. The second-order valence-electron chi connectivity index (χ2n) is 6.48. The number of nitrogens with zero attached hydrogens (tertiary/aromatic N) is 3. The second kappa shape index (κ2) is 6.58. The van der Waals surface area contributed by atoms with Crippen LogP contribution in [0, 0.1) is 6.92 Å². The summed E-state index contributed by atoms with van der Waals surface area (Å²) in [6.07, 6.45) is 0.368. The van der Waals surface area contributed by atoms with E-state index in [0.717, 1.165) is 31.9 Å². The lowest BCUT2D eigenvalue weighted by molar-refractivity contribution is -0.117. The number of carbonyl (C=O) groups excluding carboxylic acids is 2. The number of rotatable bonds is 2. The van der Waals surface area contributed by atoms with Crippen LogP contribution in [-0.2, 0) is 4.79 Å². The first kappa shape index (κ1) is 15.8. The number of benzene rings is 1. The van der Waals surface area contributed by atoms with Crippen LogP contribution < -0.4 is 10.2 Å². The van der Waals surface area contributed by atoms with Gasteiger partial charge in [0.1, 0.15) is 0 Å². The van der Waals surface area contributed by atoms with E-state index in [1.54, 1.807) is 4.90 Å². The van der Waals surface area contributed by atoms with Gasteiger partial charge >= 0.3 is 6.03 Å². The largest absolute Gasteiger partial charge is 0.333 e. The molecule has 0 aromatic heterocycles. The predicted molar refractivity (Wildman–Crippen MR) is 89.5 cm³/mol. The number of amides is 3. The third kappa shape index (κ3) is 3.64. The number of likely N-dealkylation sites (N-methyl/N-ethyl adjacent to an activating group) is 1. The van der Waals surface area contributed by atoms with E-state index in [4.69, 9.17) is 0 Å². The molecule has 0 radical (unpaired) electrons. The Labute approximate surface area is 137 Å². The SMILES string of the molecule is Cc1ccc(N2C[C@H](NC(=O)N3CCN(C)CC3)CC2=O)cc1. The summed E-state index contributed by atoms with van der Waals surface area (Å²) in [7, 11) is 2.06. The van der Waals surface area contributed by atoms with Crippen molar-refractivity contribution in [2.75, 3.05) is 44.7 Å². The Kier molecular flexibility index (Phi) is 4.52. The zero-order valence-electron chi connectivity index (χ0n) is 13.8. The van der Waals surface area contributed by atoms with Gasteiger partial charge in [-0.15, -0.1) is 0 Å². The Hall–Kier alpha value is -2.08. The van der Waals surface area contributed by atoms with E-state index in [1.165, 1.54) is 5.56 Å². The first-order valence-corrected chi connectivity index (χ1v) is 8.14. The van der Waals surface area contributed by atoms with Crippen molar-refractivity contribution < 1.29 is 9.59 Å². The van der Waals surface area contributed by atoms with Crippen LogP contribution in [0.3, 0.4) is 0 Å². The van der Waals surface area contributed by atoms with E-state index in [1.807, 2.05) is 36.1 Å². The second-order valence-corrected chi connectivity index (χ2v) is 6.48. The van der Waals surface area contributed by atoms with E-state index in [0.29, 0.717) is 13.0 Å². The zero-order valence-corrected chi connectivity index (χ0v) is 13.8. The highest BCUT2D eigenvalue weighted by Crippen LogP contribution is 2.22. The molecule has 2 fully saturated rings. The standard InChI is InChI=1S/C17H24N4O2/c1-13-3-5-15(6-4-13)21-12-14(11-16(21)22)18-17(23)20-9-7-19(2)8-10-20/h3-6,14H,7-12H2,1-2H3,(H,18,23)/t14-/m1/s1. The van der Waals surface area contributed by atoms with Gasteiger partial charge in [-0.2, -0.15) is 0 Å². The van der Waals surface area contributed by atoms with Gasteiger partial charge in [0.05, 0.1) is 6.04 Å². The van der Waals surface area contributed by atoms with Gasteiger partial charge in [-0.3, -0.25) is 4.79 Å².